The van der Waals surface area contributed by atoms with Crippen LogP contribution in [0.1, 0.15) is 25.8 Å². The Morgan fingerprint density at radius 2 is 1.88 bits per heavy atom. The Kier molecular flexibility index (Phi) is 8.97. The topological polar surface area (TPSA) is 111 Å². The number of nitrogens with one attached hydrogen (secondary N) is 3. The minimum absolute atomic E-state index is 0.0941. The molecule has 10 nitrogen and oxygen atoms in total. The van der Waals surface area contributed by atoms with Crippen LogP contribution >= 0.6 is 11.6 Å². The van der Waals surface area contributed by atoms with E-state index in [1.54, 1.807) is 27.0 Å². The monoisotopic (exact) mass is 570 g/mol. The van der Waals surface area contributed by atoms with Crippen molar-refractivity contribution in [3.63, 3.8) is 0 Å². The molecule has 1 aromatic heterocycles. The molecule has 12 heteroatoms. The van der Waals surface area contributed by atoms with E-state index in [0.29, 0.717) is 29.6 Å². The Balaban J connectivity index is 1.64. The average Bonchev–Trinajstić information content (AvgIpc) is 2.87. The van der Waals surface area contributed by atoms with Gasteiger partial charge in [-0.15, -0.1) is 6.58 Å². The Labute approximate surface area is 239 Å². The van der Waals surface area contributed by atoms with Gasteiger partial charge in [-0.25, -0.2) is 14.4 Å². The second-order valence-electron chi connectivity index (χ2n) is 10.4. The molecule has 0 saturated carbocycles. The van der Waals surface area contributed by atoms with Crippen LogP contribution in [0.25, 0.3) is 0 Å². The molecule has 3 aromatic rings. The van der Waals surface area contributed by atoms with Crippen LogP contribution in [-0.2, 0) is 5.60 Å². The number of nitrogens with zero attached hydrogens (tertiary/aromatic N) is 5. The lowest BCUT2D eigenvalue weighted by Crippen LogP contribution is -2.52. The fourth-order valence-electron chi connectivity index (χ4n) is 4.58. The first kappa shape index (κ1) is 29.3. The van der Waals surface area contributed by atoms with E-state index in [2.05, 4.69) is 61.4 Å². The Morgan fingerprint density at radius 1 is 1.18 bits per heavy atom. The highest BCUT2D eigenvalue weighted by Crippen LogP contribution is 2.41. The van der Waals surface area contributed by atoms with Crippen molar-refractivity contribution in [2.75, 3.05) is 61.7 Å². The number of likely N-dealkylation sites (N-methyl/N-ethyl adjacent to an activating group) is 1. The Bertz CT molecular complexity index is 1360. The van der Waals surface area contributed by atoms with E-state index in [9.17, 15) is 9.50 Å². The van der Waals surface area contributed by atoms with Gasteiger partial charge in [-0.3, -0.25) is 0 Å². The molecule has 2 aromatic carbocycles. The van der Waals surface area contributed by atoms with Gasteiger partial charge in [-0.1, -0.05) is 17.7 Å². The summed E-state index contributed by atoms with van der Waals surface area (Å²) in [6.45, 7) is 9.50. The number of aromatic nitrogens is 3. The molecule has 0 unspecified atom stereocenters. The highest BCUT2D eigenvalue weighted by molar-refractivity contribution is 6.30. The molecule has 4 rings (SSSR count). The van der Waals surface area contributed by atoms with Crippen LogP contribution in [0, 0.1) is 5.82 Å². The summed E-state index contributed by atoms with van der Waals surface area (Å²) in [4.78, 5) is 17.4. The van der Waals surface area contributed by atoms with Gasteiger partial charge in [0.25, 0.3) is 0 Å². The minimum atomic E-state index is -1.29. The van der Waals surface area contributed by atoms with Crippen molar-refractivity contribution < 1.29 is 14.2 Å². The standard InChI is InChI=1S/C28H36ClFN8O2/c1-7-9-31-22-13-23(25(40-6)14-24(22)38-10-8-17(38)15-37(4)5)35-27-33-16-32-26(36-27)34-21-12-20(30)19(29)11-18(21)28(2,3)39/h7,11-14,16-17,31,39H,1,8-10,15H2,2-6H3,(H2,32,33,34,35,36)/t17-/m1/s1. The molecule has 1 aliphatic rings. The molecule has 40 heavy (non-hydrogen) atoms. The number of aliphatic hydroxyl groups is 1. The first-order chi connectivity index (χ1) is 19.0. The van der Waals surface area contributed by atoms with Crippen molar-refractivity contribution in [1.29, 1.82) is 0 Å². The highest BCUT2D eigenvalue weighted by Gasteiger charge is 2.31. The normalized spacial score (nSPS) is 15.0. The maximum absolute atomic E-state index is 14.3. The number of hydrogen-bond acceptors (Lipinski definition) is 10. The summed E-state index contributed by atoms with van der Waals surface area (Å²) >= 11 is 5.96. The predicted octanol–water partition coefficient (Wildman–Crippen LogP) is 5.13. The van der Waals surface area contributed by atoms with Crippen LogP contribution in [0.5, 0.6) is 5.75 Å². The third-order valence-corrected chi connectivity index (χ3v) is 6.86. The van der Waals surface area contributed by atoms with Gasteiger partial charge in [-0.05, 0) is 52.6 Å². The third-order valence-electron chi connectivity index (χ3n) is 6.57. The van der Waals surface area contributed by atoms with Crippen LogP contribution in [0.3, 0.4) is 0 Å². The summed E-state index contributed by atoms with van der Waals surface area (Å²) in [5.41, 5.74) is 2.00. The number of anilines is 6. The summed E-state index contributed by atoms with van der Waals surface area (Å²) in [6, 6.07) is 6.95. The minimum Gasteiger partial charge on any atom is -0.494 e. The van der Waals surface area contributed by atoms with Crippen LogP contribution in [-0.4, -0.2) is 71.8 Å². The maximum Gasteiger partial charge on any atom is 0.232 e. The zero-order valence-electron chi connectivity index (χ0n) is 23.4. The molecule has 0 amide bonds. The first-order valence-electron chi connectivity index (χ1n) is 12.9. The first-order valence-corrected chi connectivity index (χ1v) is 13.3. The summed E-state index contributed by atoms with van der Waals surface area (Å²) in [7, 11) is 5.77. The van der Waals surface area contributed by atoms with Gasteiger partial charge >= 0.3 is 0 Å². The van der Waals surface area contributed by atoms with E-state index in [0.717, 1.165) is 30.9 Å². The lowest BCUT2D eigenvalue weighted by Gasteiger charge is -2.45. The van der Waals surface area contributed by atoms with Crippen LogP contribution < -0.4 is 25.6 Å². The van der Waals surface area contributed by atoms with E-state index < -0.39 is 11.4 Å². The average molecular weight is 571 g/mol. The zero-order valence-corrected chi connectivity index (χ0v) is 24.2. The zero-order chi connectivity index (χ0) is 29.0. The van der Waals surface area contributed by atoms with Crippen LogP contribution in [0.4, 0.5) is 39.0 Å². The molecular weight excluding hydrogens is 535 g/mol. The van der Waals surface area contributed by atoms with Gasteiger partial charge in [0.2, 0.25) is 11.9 Å². The van der Waals surface area contributed by atoms with Crippen molar-refractivity contribution in [2.24, 2.45) is 0 Å². The fourth-order valence-corrected chi connectivity index (χ4v) is 4.74. The van der Waals surface area contributed by atoms with E-state index in [1.165, 1.54) is 18.5 Å². The summed E-state index contributed by atoms with van der Waals surface area (Å²) in [5, 5.41) is 20.1. The number of halogens is 2. The van der Waals surface area contributed by atoms with Gasteiger partial charge in [0.1, 0.15) is 17.9 Å². The van der Waals surface area contributed by atoms with Crippen LogP contribution in [0.2, 0.25) is 5.02 Å². The van der Waals surface area contributed by atoms with Gasteiger partial charge in [-0.2, -0.15) is 4.98 Å². The van der Waals surface area contributed by atoms with E-state index in [4.69, 9.17) is 16.3 Å². The summed E-state index contributed by atoms with van der Waals surface area (Å²) < 4.78 is 20.0. The molecular formula is C28H36ClFN8O2. The molecule has 4 N–H and O–H groups in total. The van der Waals surface area contributed by atoms with E-state index in [-0.39, 0.29) is 22.6 Å². The van der Waals surface area contributed by atoms with Gasteiger partial charge in [0.05, 0.1) is 34.8 Å². The molecule has 0 aliphatic carbocycles. The smallest absolute Gasteiger partial charge is 0.232 e. The van der Waals surface area contributed by atoms with Gasteiger partial charge in [0, 0.05) is 43.0 Å². The molecule has 0 spiro atoms. The number of methoxy groups -OCH3 is 1. The van der Waals surface area contributed by atoms with Gasteiger partial charge in [0.15, 0.2) is 0 Å². The summed E-state index contributed by atoms with van der Waals surface area (Å²) in [6.07, 6.45) is 4.26. The predicted molar refractivity (Wildman–Crippen MR) is 159 cm³/mol. The number of rotatable bonds is 12. The molecule has 0 bridgehead atoms. The number of hydrogen-bond donors (Lipinski definition) is 4. The maximum atomic E-state index is 14.3. The number of benzene rings is 2. The van der Waals surface area contributed by atoms with Crippen molar-refractivity contribution in [1.82, 2.24) is 19.9 Å². The summed E-state index contributed by atoms with van der Waals surface area (Å²) in [5.74, 6) is 0.377. The van der Waals surface area contributed by atoms with E-state index >= 15 is 0 Å². The van der Waals surface area contributed by atoms with Crippen molar-refractivity contribution in [2.45, 2.75) is 31.9 Å². The molecule has 1 saturated heterocycles. The third kappa shape index (κ3) is 6.72. The number of ether oxygens (including phenoxy) is 1. The van der Waals surface area contributed by atoms with Crippen molar-refractivity contribution in [3.05, 3.63) is 59.7 Å². The molecule has 2 heterocycles. The second kappa shape index (κ2) is 12.2. The largest absolute Gasteiger partial charge is 0.494 e. The highest BCUT2D eigenvalue weighted by atomic mass is 35.5. The van der Waals surface area contributed by atoms with E-state index in [1.807, 2.05) is 12.1 Å². The van der Waals surface area contributed by atoms with Gasteiger partial charge < -0.3 is 35.6 Å². The molecule has 214 valence electrons. The van der Waals surface area contributed by atoms with Crippen molar-refractivity contribution >= 4 is 46.2 Å². The van der Waals surface area contributed by atoms with Crippen LogP contribution in [0.15, 0.2) is 43.2 Å². The lowest BCUT2D eigenvalue weighted by atomic mass is 9.96. The van der Waals surface area contributed by atoms with Crippen molar-refractivity contribution in [3.8, 4) is 5.75 Å². The molecule has 1 aliphatic heterocycles. The lowest BCUT2D eigenvalue weighted by molar-refractivity contribution is 0.0793. The Hall–Kier alpha value is -3.67. The molecule has 1 fully saturated rings. The molecule has 1 atom stereocenters. The Morgan fingerprint density at radius 3 is 2.45 bits per heavy atom. The quantitative estimate of drug-likeness (QED) is 0.219. The fraction of sp³-hybridized carbons (Fsp3) is 0.393. The molecule has 0 radical (unpaired) electrons. The second-order valence-corrected chi connectivity index (χ2v) is 10.8. The SMILES string of the molecule is C=CCNc1cc(Nc2ncnc(Nc3cc(F)c(Cl)cc3C(C)(C)O)n2)c(OC)cc1N1CC[C@@H]1CN(C)C.